The summed E-state index contributed by atoms with van der Waals surface area (Å²) < 4.78 is 40.6. The molecule has 602 valence electrons. The number of aliphatic hydroxyl groups excluding tert-OH is 2. The third-order valence-corrected chi connectivity index (χ3v) is 21.0. The Morgan fingerprint density at radius 3 is 1.30 bits per heavy atom. The average Bonchev–Trinajstić information content (AvgIpc) is 1.75. The molecule has 26 nitrogen and oxygen atoms in total. The van der Waals surface area contributed by atoms with Crippen LogP contribution in [0.1, 0.15) is 95.9 Å². The van der Waals surface area contributed by atoms with E-state index >= 15 is 0 Å². The van der Waals surface area contributed by atoms with E-state index in [0.717, 1.165) is 144 Å². The Morgan fingerprint density at radius 1 is 0.496 bits per heavy atom. The Morgan fingerprint density at radius 2 is 0.896 bits per heavy atom. The summed E-state index contributed by atoms with van der Waals surface area (Å²) in [6.07, 6.45) is 26.4. The third-order valence-electron chi connectivity index (χ3n) is 18.8. The molecule has 13 heterocycles. The number of piperidine rings is 2. The summed E-state index contributed by atoms with van der Waals surface area (Å²) in [5, 5.41) is 53.1. The number of carbonyl (C=O) groups is 1. The molecule has 0 radical (unpaired) electrons. The molecule has 2 aliphatic heterocycles. The molecule has 2 saturated heterocycles. The van der Waals surface area contributed by atoms with E-state index in [2.05, 4.69) is 147 Å². The van der Waals surface area contributed by atoms with Gasteiger partial charge in [-0.2, -0.15) is 38.5 Å². The van der Waals surface area contributed by atoms with Crippen LogP contribution in [0.5, 0.6) is 0 Å². The zero-order valence-electron chi connectivity index (χ0n) is 61.8. The first-order chi connectivity index (χ1) is 54.5. The normalized spacial score (nSPS) is 13.8. The lowest BCUT2D eigenvalue weighted by Gasteiger charge is -2.36. The number of anilines is 7. The number of hydrogen-bond donors (Lipinski definition) is 7. The molecule has 115 heavy (non-hydrogen) atoms. The maximum absolute atomic E-state index is 14.2. The van der Waals surface area contributed by atoms with E-state index < -0.39 is 0 Å². The van der Waals surface area contributed by atoms with Crippen LogP contribution in [0.25, 0.3) is 45.1 Å². The zero-order chi connectivity index (χ0) is 78.0. The smallest absolute Gasteiger partial charge is 0.238 e. The van der Waals surface area contributed by atoms with Crippen LogP contribution in [0.3, 0.4) is 0 Å². The van der Waals surface area contributed by atoms with Gasteiger partial charge in [-0.05, 0) is 200 Å². The number of aryl methyl sites for hydroxylation is 1. The van der Waals surface area contributed by atoms with Gasteiger partial charge in [-0.15, -0.1) is 0 Å². The van der Waals surface area contributed by atoms with E-state index in [9.17, 15) is 23.8 Å². The van der Waals surface area contributed by atoms with Gasteiger partial charge in [0.2, 0.25) is 5.91 Å². The van der Waals surface area contributed by atoms with Gasteiger partial charge in [0.15, 0.2) is 35.0 Å². The molecule has 1 amide bonds. The predicted molar refractivity (Wildman–Crippen MR) is 466 cm³/mol. The molecule has 11 aromatic heterocycles. The number of hydrogen-bond acceptors (Lipinski definition) is 20. The first-order valence-electron chi connectivity index (χ1n) is 36.7. The Bertz CT molecular complexity index is 5480. The molecule has 7 N–H and O–H groups in total. The van der Waals surface area contributed by atoms with E-state index in [1.807, 2.05) is 127 Å². The number of pyridine rings is 3. The van der Waals surface area contributed by atoms with Crippen molar-refractivity contribution in [2.45, 2.75) is 112 Å². The fraction of sp³-hybridized carbons (Fsp3) is 0.301. The second-order valence-electron chi connectivity index (χ2n) is 27.1. The lowest BCUT2D eigenvalue weighted by atomic mass is 9.99. The molecule has 0 saturated carbocycles. The van der Waals surface area contributed by atoms with E-state index in [1.165, 1.54) is 25.0 Å². The predicted octanol–water partition coefficient (Wildman–Crippen LogP) is 16.5. The SMILES string of the molecule is C.C.C.CN(C)CC(=O)Nc1ccc(CNc2cc(N3CCCC[C@H]3CCO)nc3c(Br)cnn23)cc1.C[n+]1cccc(CNc2cc(-c3ccccc3F)nc3c(Br)cnn23)c1.Fc1ccccc1-c1cc(NCc2cccnc2)n2ncc(Br)c2n1.OCCC1CCCCN1c1cc(NCc2cccnc2)n2ncc(Br)c2n1. The molecule has 1 unspecified atom stereocenters. The van der Waals surface area contributed by atoms with Crippen LogP contribution in [0, 0.1) is 11.6 Å². The average molecular weight is 1820 g/mol. The van der Waals surface area contributed by atoms with Crippen molar-refractivity contribution in [3.8, 4) is 22.5 Å². The van der Waals surface area contributed by atoms with Gasteiger partial charge in [0, 0.05) is 142 Å². The highest BCUT2D eigenvalue weighted by Gasteiger charge is 2.28. The van der Waals surface area contributed by atoms with Gasteiger partial charge in [-0.3, -0.25) is 14.8 Å². The highest BCUT2D eigenvalue weighted by molar-refractivity contribution is 9.11. The quantitative estimate of drug-likeness (QED) is 0.0293. The van der Waals surface area contributed by atoms with Crippen molar-refractivity contribution in [2.24, 2.45) is 7.05 Å². The van der Waals surface area contributed by atoms with Crippen LogP contribution in [0.15, 0.2) is 213 Å². The van der Waals surface area contributed by atoms with E-state index in [1.54, 1.807) is 99.4 Å². The van der Waals surface area contributed by atoms with Crippen LogP contribution in [-0.2, 0) is 38.0 Å². The number of likely N-dealkylation sites (N-methyl/N-ethyl adjacent to an activating group) is 1. The lowest BCUT2D eigenvalue weighted by Crippen LogP contribution is -2.40. The second kappa shape index (κ2) is 41.7. The van der Waals surface area contributed by atoms with E-state index in [0.29, 0.717) is 78.6 Å². The highest BCUT2D eigenvalue weighted by Crippen LogP contribution is 2.35. The number of nitrogens with one attached hydrogen (secondary N) is 5. The standard InChI is InChI=1S/C24H32BrN7O2.C19H16BrFN5.C19H23BrN6O.C18H13BrFN5.3CH4/c1-30(2)16-23(34)28-18-8-6-17(7-9-18)14-26-21-13-22(29-24-20(25)15-27-32(21)24)31-11-4-3-5-19(31)10-12-33;1-25-8-4-5-13(12-25)10-22-18-9-17(14-6-2-3-7-16(14)21)24-19-15(20)11-23-26(18)19;20-16-13-23-26-17(22-12-14-4-3-7-21-11-14)10-18(24-19(16)26)25-8-2-1-5-15(25)6-9-27;19-14-11-23-25-17(22-10-12-4-3-7-21-9-12)8-16(24-18(14)25)13-5-1-2-6-15(13)20;;;/h6-9,13,15,19,26,33H,3-5,10-12,14,16H2,1-2H3,(H,28,34);2-9,11-12,22H,10H2,1H3;3-4,7,10-11,13,15,22,27H,1-2,5-6,8-9,12H2;1-9,11,22H,10H2;3*1H4/q;+1;;;;;/t19-;;;;;;/m0....../s1. The van der Waals surface area contributed by atoms with Gasteiger partial charge in [-0.25, -0.2) is 33.3 Å². The molecule has 32 heteroatoms. The second-order valence-corrected chi connectivity index (χ2v) is 30.5. The molecule has 0 aliphatic carbocycles. The lowest BCUT2D eigenvalue weighted by molar-refractivity contribution is -0.671. The van der Waals surface area contributed by atoms with Crippen molar-refractivity contribution in [3.05, 3.63) is 247 Å². The van der Waals surface area contributed by atoms with Crippen molar-refractivity contribution in [1.82, 2.24) is 73.3 Å². The molecule has 2 aliphatic rings. The molecular formula is C83H96Br4F2N23O3+. The first-order valence-corrected chi connectivity index (χ1v) is 39.8. The Balaban J connectivity index is 0.000000162. The number of nitrogens with zero attached hydrogens (tertiary/aromatic N) is 18. The van der Waals surface area contributed by atoms with Gasteiger partial charge in [0.25, 0.3) is 0 Å². The molecular weight excluding hydrogens is 1720 g/mol. The number of rotatable bonds is 23. The number of fused-ring (bicyclic) bond motifs is 4. The number of aromatic nitrogens is 15. The summed E-state index contributed by atoms with van der Waals surface area (Å²) in [4.78, 5) is 45.6. The number of benzene rings is 3. The minimum absolute atomic E-state index is 0. The monoisotopic (exact) mass is 1820 g/mol. The summed E-state index contributed by atoms with van der Waals surface area (Å²) in [6, 6.07) is 41.2. The maximum atomic E-state index is 14.2. The molecule has 2 fully saturated rings. The fourth-order valence-electron chi connectivity index (χ4n) is 13.4. The summed E-state index contributed by atoms with van der Waals surface area (Å²) in [5.41, 5.74) is 9.91. The molecule has 0 spiro atoms. The topological polar surface area (TPSA) is 278 Å². The van der Waals surface area contributed by atoms with Crippen LogP contribution in [0.2, 0.25) is 0 Å². The highest BCUT2D eigenvalue weighted by atomic mass is 79.9. The van der Waals surface area contributed by atoms with E-state index in [4.69, 9.17) is 9.97 Å². The number of aliphatic hydroxyl groups is 2. The van der Waals surface area contributed by atoms with Crippen LogP contribution in [0.4, 0.5) is 49.4 Å². The van der Waals surface area contributed by atoms with Crippen molar-refractivity contribution < 1.29 is 28.4 Å². The summed E-state index contributed by atoms with van der Waals surface area (Å²) in [7, 11) is 5.72. The van der Waals surface area contributed by atoms with Gasteiger partial charge >= 0.3 is 0 Å². The molecule has 16 rings (SSSR count). The number of amides is 1. The van der Waals surface area contributed by atoms with Crippen molar-refractivity contribution in [1.29, 1.82) is 0 Å². The molecule has 2 atom stereocenters. The Labute approximate surface area is 701 Å². The van der Waals surface area contributed by atoms with Crippen LogP contribution < -0.4 is 41.0 Å². The van der Waals surface area contributed by atoms with Crippen molar-refractivity contribution in [3.63, 3.8) is 0 Å². The first kappa shape index (κ1) is 86.9. The summed E-state index contributed by atoms with van der Waals surface area (Å²) in [5.74, 6) is 4.37. The van der Waals surface area contributed by atoms with Gasteiger partial charge in [-0.1, -0.05) is 70.8 Å². The van der Waals surface area contributed by atoms with Crippen molar-refractivity contribution in [2.75, 3.05) is 83.3 Å². The minimum Gasteiger partial charge on any atom is -0.396 e. The fourth-order valence-corrected chi connectivity index (χ4v) is 14.8. The number of halogens is 6. The van der Waals surface area contributed by atoms with E-state index in [-0.39, 0.29) is 53.0 Å². The van der Waals surface area contributed by atoms with Crippen molar-refractivity contribution >= 4 is 133 Å². The van der Waals surface area contributed by atoms with Gasteiger partial charge in [0.1, 0.15) is 53.6 Å². The molecule has 14 aromatic rings. The largest absolute Gasteiger partial charge is 0.396 e. The zero-order valence-corrected chi connectivity index (χ0v) is 68.1. The third kappa shape index (κ3) is 22.1. The number of carbonyl (C=O) groups excluding carboxylic acids is 1. The molecule has 3 aromatic carbocycles. The summed E-state index contributed by atoms with van der Waals surface area (Å²) in [6.45, 7) is 5.05. The maximum Gasteiger partial charge on any atom is 0.238 e. The van der Waals surface area contributed by atoms with Crippen LogP contribution >= 0.6 is 63.7 Å². The van der Waals surface area contributed by atoms with Gasteiger partial charge in [0.05, 0.1) is 60.6 Å². The van der Waals surface area contributed by atoms with Crippen LogP contribution in [-0.4, -0.2) is 148 Å². The molecule has 0 bridgehead atoms. The van der Waals surface area contributed by atoms with Gasteiger partial charge < -0.3 is 51.5 Å². The Kier molecular flexibility index (Phi) is 31.5. The Hall–Kier alpha value is -10.5. The summed E-state index contributed by atoms with van der Waals surface area (Å²) >= 11 is 14.0. The minimum atomic E-state index is -0.312.